The zero-order valence-electron chi connectivity index (χ0n) is 11.9. The summed E-state index contributed by atoms with van der Waals surface area (Å²) in [6.45, 7) is 7.64. The quantitative estimate of drug-likeness (QED) is 0.775. The van der Waals surface area contributed by atoms with Gasteiger partial charge in [-0.1, -0.05) is 0 Å². The van der Waals surface area contributed by atoms with Crippen molar-refractivity contribution in [3.63, 3.8) is 0 Å². The zero-order chi connectivity index (χ0) is 14.0. The van der Waals surface area contributed by atoms with Gasteiger partial charge in [0.1, 0.15) is 5.60 Å². The summed E-state index contributed by atoms with van der Waals surface area (Å²) in [6, 6.07) is 2.58. The van der Waals surface area contributed by atoms with Crippen molar-refractivity contribution in [3.05, 3.63) is 18.0 Å². The second-order valence-corrected chi connectivity index (χ2v) is 6.00. The standard InChI is InChI=1S/C13H22N4O2/c1-8(9-5-6-14-17-9)15-10-7-11(10)16-12(18)19-13(2,3)4/h5-6,8,10-11,15H,7H2,1-4H3,(H,14,17)(H,16,18). The Bertz CT molecular complexity index is 424. The molecule has 6 heteroatoms. The number of hydrogen-bond donors (Lipinski definition) is 3. The van der Waals surface area contributed by atoms with Crippen LogP contribution in [-0.2, 0) is 4.74 Å². The molecule has 1 aromatic rings. The lowest BCUT2D eigenvalue weighted by molar-refractivity contribution is 0.0522. The maximum atomic E-state index is 11.6. The average Bonchev–Trinajstić information content (AvgIpc) is 2.80. The van der Waals surface area contributed by atoms with Gasteiger partial charge in [0.25, 0.3) is 0 Å². The molecule has 0 radical (unpaired) electrons. The van der Waals surface area contributed by atoms with Gasteiger partial charge in [0.05, 0.1) is 5.69 Å². The third-order valence-electron chi connectivity index (χ3n) is 2.95. The van der Waals surface area contributed by atoms with Gasteiger partial charge in [-0.3, -0.25) is 5.10 Å². The van der Waals surface area contributed by atoms with Crippen LogP contribution >= 0.6 is 0 Å². The number of H-pyrrole nitrogens is 1. The van der Waals surface area contributed by atoms with Crippen LogP contribution in [0.1, 0.15) is 45.9 Å². The summed E-state index contributed by atoms with van der Waals surface area (Å²) in [4.78, 5) is 11.6. The molecule has 0 aliphatic heterocycles. The first-order valence-corrected chi connectivity index (χ1v) is 6.60. The Kier molecular flexibility index (Phi) is 3.80. The second-order valence-electron chi connectivity index (χ2n) is 6.00. The highest BCUT2D eigenvalue weighted by Crippen LogP contribution is 2.25. The fourth-order valence-electron chi connectivity index (χ4n) is 1.92. The predicted octanol–water partition coefficient (Wildman–Crippen LogP) is 1.73. The van der Waals surface area contributed by atoms with Crippen LogP contribution in [0, 0.1) is 0 Å². The third-order valence-corrected chi connectivity index (χ3v) is 2.95. The number of aromatic nitrogens is 2. The van der Waals surface area contributed by atoms with Crippen LogP contribution in [0.4, 0.5) is 4.79 Å². The van der Waals surface area contributed by atoms with E-state index in [-0.39, 0.29) is 18.2 Å². The van der Waals surface area contributed by atoms with Crippen molar-refractivity contribution in [1.29, 1.82) is 0 Å². The molecule has 1 aliphatic carbocycles. The molecule has 19 heavy (non-hydrogen) atoms. The van der Waals surface area contributed by atoms with Crippen molar-refractivity contribution < 1.29 is 9.53 Å². The van der Waals surface area contributed by atoms with Crippen molar-refractivity contribution in [3.8, 4) is 0 Å². The van der Waals surface area contributed by atoms with Gasteiger partial charge in [-0.2, -0.15) is 5.10 Å². The molecule has 3 unspecified atom stereocenters. The maximum Gasteiger partial charge on any atom is 0.407 e. The van der Waals surface area contributed by atoms with Gasteiger partial charge in [-0.15, -0.1) is 0 Å². The summed E-state index contributed by atoms with van der Waals surface area (Å²) in [5.41, 5.74) is 0.591. The predicted molar refractivity (Wildman–Crippen MR) is 71.7 cm³/mol. The molecule has 2 rings (SSSR count). The first-order valence-electron chi connectivity index (χ1n) is 6.60. The molecule has 6 nitrogen and oxygen atoms in total. The van der Waals surface area contributed by atoms with Crippen molar-refractivity contribution in [2.75, 3.05) is 0 Å². The van der Waals surface area contributed by atoms with E-state index in [2.05, 4.69) is 27.8 Å². The average molecular weight is 266 g/mol. The topological polar surface area (TPSA) is 79.0 Å². The number of alkyl carbamates (subject to hydrolysis) is 1. The van der Waals surface area contributed by atoms with Crippen LogP contribution in [0.15, 0.2) is 12.3 Å². The van der Waals surface area contributed by atoms with Crippen molar-refractivity contribution in [2.24, 2.45) is 0 Å². The lowest BCUT2D eigenvalue weighted by Gasteiger charge is -2.20. The lowest BCUT2D eigenvalue weighted by Crippen LogP contribution is -2.37. The van der Waals surface area contributed by atoms with Gasteiger partial charge < -0.3 is 15.4 Å². The summed E-state index contributed by atoms with van der Waals surface area (Å²) in [7, 11) is 0. The van der Waals surface area contributed by atoms with Gasteiger partial charge in [0, 0.05) is 24.3 Å². The molecular weight excluding hydrogens is 244 g/mol. The van der Waals surface area contributed by atoms with E-state index in [1.807, 2.05) is 26.8 Å². The molecule has 1 heterocycles. The molecule has 1 amide bonds. The molecular formula is C13H22N4O2. The smallest absolute Gasteiger partial charge is 0.407 e. The van der Waals surface area contributed by atoms with Crippen LogP contribution < -0.4 is 10.6 Å². The number of carbonyl (C=O) groups is 1. The minimum Gasteiger partial charge on any atom is -0.444 e. The number of carbonyl (C=O) groups excluding carboxylic acids is 1. The number of amides is 1. The van der Waals surface area contributed by atoms with Gasteiger partial charge in [0.2, 0.25) is 0 Å². The van der Waals surface area contributed by atoms with Crippen LogP contribution in [-0.4, -0.2) is 34.0 Å². The minimum atomic E-state index is -0.453. The minimum absolute atomic E-state index is 0.153. The number of aromatic amines is 1. The maximum absolute atomic E-state index is 11.6. The fraction of sp³-hybridized carbons (Fsp3) is 0.692. The van der Waals surface area contributed by atoms with E-state index >= 15 is 0 Å². The van der Waals surface area contributed by atoms with Gasteiger partial charge in [-0.25, -0.2) is 4.79 Å². The summed E-state index contributed by atoms with van der Waals surface area (Å²) in [5.74, 6) is 0. The SMILES string of the molecule is CC(NC1CC1NC(=O)OC(C)(C)C)c1ccn[nH]1. The molecule has 1 fully saturated rings. The molecule has 0 bridgehead atoms. The Morgan fingerprint density at radius 2 is 2.26 bits per heavy atom. The van der Waals surface area contributed by atoms with Gasteiger partial charge in [-0.05, 0) is 40.2 Å². The Morgan fingerprint density at radius 3 is 2.84 bits per heavy atom. The number of rotatable bonds is 4. The summed E-state index contributed by atoms with van der Waals surface area (Å²) < 4.78 is 5.22. The van der Waals surface area contributed by atoms with E-state index in [1.165, 1.54) is 0 Å². The zero-order valence-corrected chi connectivity index (χ0v) is 11.9. The summed E-state index contributed by atoms with van der Waals surface area (Å²) >= 11 is 0. The molecule has 0 spiro atoms. The first kappa shape index (κ1) is 13.9. The molecule has 0 saturated heterocycles. The summed E-state index contributed by atoms with van der Waals surface area (Å²) in [6.07, 6.45) is 2.31. The largest absolute Gasteiger partial charge is 0.444 e. The lowest BCUT2D eigenvalue weighted by atomic mass is 10.2. The Hall–Kier alpha value is -1.56. The van der Waals surface area contributed by atoms with Crippen LogP contribution in [0.25, 0.3) is 0 Å². The highest BCUT2D eigenvalue weighted by Gasteiger charge is 2.40. The molecule has 1 aliphatic rings. The summed E-state index contributed by atoms with van der Waals surface area (Å²) in [5, 5.41) is 13.2. The Labute approximate surface area is 113 Å². The second kappa shape index (κ2) is 5.21. The monoisotopic (exact) mass is 266 g/mol. The van der Waals surface area contributed by atoms with Crippen LogP contribution in [0.3, 0.4) is 0 Å². The first-order chi connectivity index (χ1) is 8.85. The Balaban J connectivity index is 1.72. The number of ether oxygens (including phenoxy) is 1. The number of nitrogens with one attached hydrogen (secondary N) is 3. The van der Waals surface area contributed by atoms with E-state index < -0.39 is 5.60 Å². The van der Waals surface area contributed by atoms with Crippen molar-refractivity contribution >= 4 is 6.09 Å². The van der Waals surface area contributed by atoms with Crippen molar-refractivity contribution in [2.45, 2.75) is 57.8 Å². The highest BCUT2D eigenvalue weighted by atomic mass is 16.6. The number of hydrogen-bond acceptors (Lipinski definition) is 4. The van der Waals surface area contributed by atoms with E-state index in [4.69, 9.17) is 4.74 Å². The van der Waals surface area contributed by atoms with Gasteiger partial charge >= 0.3 is 6.09 Å². The van der Waals surface area contributed by atoms with E-state index in [1.54, 1.807) is 6.20 Å². The molecule has 106 valence electrons. The Morgan fingerprint density at radius 1 is 1.53 bits per heavy atom. The van der Waals surface area contributed by atoms with E-state index in [0.717, 1.165) is 12.1 Å². The normalized spacial score (nSPS) is 23.8. The fourth-order valence-corrected chi connectivity index (χ4v) is 1.92. The van der Waals surface area contributed by atoms with Crippen LogP contribution in [0.5, 0.6) is 0 Å². The van der Waals surface area contributed by atoms with Crippen molar-refractivity contribution in [1.82, 2.24) is 20.8 Å². The molecule has 3 atom stereocenters. The van der Waals surface area contributed by atoms with Gasteiger partial charge in [0.15, 0.2) is 0 Å². The molecule has 1 saturated carbocycles. The van der Waals surface area contributed by atoms with Crippen LogP contribution in [0.2, 0.25) is 0 Å². The molecule has 3 N–H and O–H groups in total. The number of nitrogens with zero attached hydrogens (tertiary/aromatic N) is 1. The highest BCUT2D eigenvalue weighted by molar-refractivity contribution is 5.68. The molecule has 0 aromatic carbocycles. The molecule has 1 aromatic heterocycles. The third kappa shape index (κ3) is 4.24. The van der Waals surface area contributed by atoms with E-state index in [0.29, 0.717) is 6.04 Å². The van der Waals surface area contributed by atoms with E-state index in [9.17, 15) is 4.79 Å².